The molecule has 3 nitrogen and oxygen atoms in total. The van der Waals surface area contributed by atoms with Crippen molar-refractivity contribution in [2.45, 2.75) is 12.6 Å². The molecular weight excluding hydrogens is 320 g/mol. The van der Waals surface area contributed by atoms with Gasteiger partial charge >= 0.3 is 6.18 Å². The van der Waals surface area contributed by atoms with E-state index in [9.17, 15) is 22.4 Å². The lowest BCUT2D eigenvalue weighted by molar-refractivity contribution is -0.136. The van der Waals surface area contributed by atoms with Crippen LogP contribution in [0.1, 0.15) is 16.9 Å². The van der Waals surface area contributed by atoms with Gasteiger partial charge in [-0.2, -0.15) is 13.2 Å². The quantitative estimate of drug-likeness (QED) is 0.794. The number of benzene rings is 1. The number of carbonyl (C=O) groups excluding carboxylic acids is 1. The highest BCUT2D eigenvalue weighted by Gasteiger charge is 2.28. The lowest BCUT2D eigenvalue weighted by Gasteiger charge is -2.16. The summed E-state index contributed by atoms with van der Waals surface area (Å²) in [6.45, 7) is -0.450. The maximum atomic E-state index is 13.6. The Morgan fingerprint density at radius 3 is 2.64 bits per heavy atom. The Labute approximate surface area is 128 Å². The van der Waals surface area contributed by atoms with Crippen molar-refractivity contribution in [2.75, 3.05) is 13.6 Å². The molecule has 0 bridgehead atoms. The van der Waals surface area contributed by atoms with Gasteiger partial charge in [0.05, 0.1) is 6.42 Å². The molecule has 0 spiro atoms. The van der Waals surface area contributed by atoms with E-state index in [1.54, 1.807) is 6.07 Å². The number of halogens is 4. The number of thiazole rings is 1. The van der Waals surface area contributed by atoms with Crippen molar-refractivity contribution >= 4 is 17.2 Å². The molecule has 8 heteroatoms. The maximum Gasteiger partial charge on any atom is 0.390 e. The Morgan fingerprint density at radius 1 is 1.32 bits per heavy atom. The van der Waals surface area contributed by atoms with E-state index in [-0.39, 0.29) is 11.3 Å². The molecule has 0 aliphatic carbocycles. The van der Waals surface area contributed by atoms with Crippen molar-refractivity contribution in [3.05, 3.63) is 41.2 Å². The molecule has 0 atom stereocenters. The lowest BCUT2D eigenvalue weighted by Crippen LogP contribution is -2.30. The van der Waals surface area contributed by atoms with Crippen LogP contribution in [0.4, 0.5) is 17.6 Å². The van der Waals surface area contributed by atoms with Crippen molar-refractivity contribution < 1.29 is 22.4 Å². The molecule has 1 aromatic carbocycles. The molecule has 1 amide bonds. The topological polar surface area (TPSA) is 33.2 Å². The third-order valence-electron chi connectivity index (χ3n) is 2.90. The highest BCUT2D eigenvalue weighted by molar-refractivity contribution is 7.13. The van der Waals surface area contributed by atoms with E-state index in [4.69, 9.17) is 0 Å². The largest absolute Gasteiger partial charge is 0.390 e. The maximum absolute atomic E-state index is 13.6. The molecule has 22 heavy (non-hydrogen) atoms. The molecule has 0 aliphatic rings. The van der Waals surface area contributed by atoms with Crippen LogP contribution in [0.3, 0.4) is 0 Å². The van der Waals surface area contributed by atoms with Gasteiger partial charge in [0.15, 0.2) is 0 Å². The molecule has 0 radical (unpaired) electrons. The number of aromatic nitrogens is 1. The van der Waals surface area contributed by atoms with Crippen molar-refractivity contribution in [1.29, 1.82) is 0 Å². The summed E-state index contributed by atoms with van der Waals surface area (Å²) in [6.07, 6.45) is -5.41. The summed E-state index contributed by atoms with van der Waals surface area (Å²) < 4.78 is 50.1. The predicted molar refractivity (Wildman–Crippen MR) is 75.1 cm³/mol. The van der Waals surface area contributed by atoms with Crippen LogP contribution in [-0.4, -0.2) is 35.6 Å². The standard InChI is InChI=1S/C14H12F4N2OS/c1-20(7-6-14(16,17)18)13(21)11-8-22-12(19-11)9-4-2-3-5-10(9)15/h2-5,8H,6-7H2,1H3. The van der Waals surface area contributed by atoms with E-state index in [0.717, 1.165) is 16.2 Å². The van der Waals surface area contributed by atoms with Gasteiger partial charge in [0.25, 0.3) is 5.91 Å². The zero-order valence-corrected chi connectivity index (χ0v) is 12.3. The summed E-state index contributed by atoms with van der Waals surface area (Å²) in [4.78, 5) is 17.0. The van der Waals surface area contributed by atoms with Crippen LogP contribution in [0, 0.1) is 5.82 Å². The Kier molecular flexibility index (Phi) is 4.80. The van der Waals surface area contributed by atoms with Crippen molar-refractivity contribution in [3.63, 3.8) is 0 Å². The third kappa shape index (κ3) is 4.03. The Hall–Kier alpha value is -1.96. The third-order valence-corrected chi connectivity index (χ3v) is 3.78. The van der Waals surface area contributed by atoms with Gasteiger partial charge in [-0.05, 0) is 12.1 Å². The normalized spacial score (nSPS) is 11.5. The molecule has 0 unspecified atom stereocenters. The summed E-state index contributed by atoms with van der Waals surface area (Å²) in [5, 5.41) is 1.72. The highest BCUT2D eigenvalue weighted by Crippen LogP contribution is 2.26. The van der Waals surface area contributed by atoms with Gasteiger partial charge in [-0.15, -0.1) is 11.3 Å². The molecule has 0 fully saturated rings. The fourth-order valence-corrected chi connectivity index (χ4v) is 2.54. The zero-order valence-electron chi connectivity index (χ0n) is 11.5. The first-order valence-corrected chi connectivity index (χ1v) is 7.18. The minimum Gasteiger partial charge on any atom is -0.340 e. The average Bonchev–Trinajstić information content (AvgIpc) is 2.93. The molecule has 1 aromatic heterocycles. The van der Waals surface area contributed by atoms with Crippen LogP contribution in [0.25, 0.3) is 10.6 Å². The van der Waals surface area contributed by atoms with E-state index < -0.39 is 30.9 Å². The number of hydrogen-bond donors (Lipinski definition) is 0. The van der Waals surface area contributed by atoms with Crippen molar-refractivity contribution in [3.8, 4) is 10.6 Å². The van der Waals surface area contributed by atoms with Crippen LogP contribution in [0.2, 0.25) is 0 Å². The summed E-state index contributed by atoms with van der Waals surface area (Å²) in [5.74, 6) is -1.09. The van der Waals surface area contributed by atoms with Gasteiger partial charge in [-0.3, -0.25) is 4.79 Å². The van der Waals surface area contributed by atoms with Gasteiger partial charge < -0.3 is 4.90 Å². The summed E-state index contributed by atoms with van der Waals surface area (Å²) in [6, 6.07) is 5.96. The van der Waals surface area contributed by atoms with Crippen LogP contribution < -0.4 is 0 Å². The van der Waals surface area contributed by atoms with Crippen LogP contribution in [-0.2, 0) is 0 Å². The highest BCUT2D eigenvalue weighted by atomic mass is 32.1. The van der Waals surface area contributed by atoms with Crippen LogP contribution >= 0.6 is 11.3 Å². The molecule has 118 valence electrons. The van der Waals surface area contributed by atoms with E-state index in [2.05, 4.69) is 4.98 Å². The SMILES string of the molecule is CN(CCC(F)(F)F)C(=O)c1csc(-c2ccccc2F)n1. The zero-order chi connectivity index (χ0) is 16.3. The van der Waals surface area contributed by atoms with Crippen LogP contribution in [0.5, 0.6) is 0 Å². The molecule has 0 aliphatic heterocycles. The van der Waals surface area contributed by atoms with Crippen LogP contribution in [0.15, 0.2) is 29.6 Å². The first kappa shape index (κ1) is 16.4. The second-order valence-corrected chi connectivity index (χ2v) is 5.47. The first-order valence-electron chi connectivity index (χ1n) is 6.30. The summed E-state index contributed by atoms with van der Waals surface area (Å²) in [7, 11) is 1.27. The monoisotopic (exact) mass is 332 g/mol. The first-order chi connectivity index (χ1) is 10.3. The Bertz CT molecular complexity index is 669. The number of amides is 1. The number of rotatable bonds is 4. The number of carbonyl (C=O) groups is 1. The van der Waals surface area contributed by atoms with Gasteiger partial charge in [-0.25, -0.2) is 9.37 Å². The minimum absolute atomic E-state index is 0.00734. The molecular formula is C14H12F4N2OS. The van der Waals surface area contributed by atoms with Crippen molar-refractivity contribution in [1.82, 2.24) is 9.88 Å². The Morgan fingerprint density at radius 2 is 2.00 bits per heavy atom. The number of hydrogen-bond acceptors (Lipinski definition) is 3. The molecule has 0 saturated carbocycles. The molecule has 1 heterocycles. The van der Waals surface area contributed by atoms with E-state index in [1.807, 2.05) is 0 Å². The fourth-order valence-electron chi connectivity index (χ4n) is 1.72. The second-order valence-electron chi connectivity index (χ2n) is 4.61. The van der Waals surface area contributed by atoms with E-state index in [1.165, 1.54) is 30.6 Å². The molecule has 0 saturated heterocycles. The lowest BCUT2D eigenvalue weighted by atomic mass is 10.2. The number of alkyl halides is 3. The van der Waals surface area contributed by atoms with Crippen molar-refractivity contribution in [2.24, 2.45) is 0 Å². The van der Waals surface area contributed by atoms with Gasteiger partial charge in [0.2, 0.25) is 0 Å². The molecule has 0 N–H and O–H groups in total. The summed E-state index contributed by atoms with van der Waals surface area (Å²) >= 11 is 1.07. The van der Waals surface area contributed by atoms with Gasteiger partial charge in [0, 0.05) is 24.5 Å². The average molecular weight is 332 g/mol. The fraction of sp³-hybridized carbons (Fsp3) is 0.286. The predicted octanol–water partition coefficient (Wildman–Crippen LogP) is 3.97. The number of nitrogens with zero attached hydrogens (tertiary/aromatic N) is 2. The van der Waals surface area contributed by atoms with E-state index in [0.29, 0.717) is 5.01 Å². The smallest absolute Gasteiger partial charge is 0.340 e. The minimum atomic E-state index is -4.32. The summed E-state index contributed by atoms with van der Waals surface area (Å²) in [5.41, 5.74) is 0.262. The van der Waals surface area contributed by atoms with E-state index >= 15 is 0 Å². The van der Waals surface area contributed by atoms with Gasteiger partial charge in [0.1, 0.15) is 16.5 Å². The molecule has 2 rings (SSSR count). The molecule has 2 aromatic rings. The van der Waals surface area contributed by atoms with Gasteiger partial charge in [-0.1, -0.05) is 12.1 Å². The second kappa shape index (κ2) is 6.43. The Balaban J connectivity index is 2.11.